The summed E-state index contributed by atoms with van der Waals surface area (Å²) in [5.41, 5.74) is 0. The lowest BCUT2D eigenvalue weighted by Gasteiger charge is -2.24. The van der Waals surface area contributed by atoms with E-state index in [2.05, 4.69) is 0 Å². The molecule has 104 valence electrons. The summed E-state index contributed by atoms with van der Waals surface area (Å²) in [7, 11) is -3.32. The standard InChI is InChI=1S/C12H21NO4S/c1-2-17-12(14)9-13(10-7-8-10)18(15,16)11-5-3-4-6-11/h10-11H,2-9H2,1H3. The monoisotopic (exact) mass is 275 g/mol. The van der Waals surface area contributed by atoms with Crippen LogP contribution in [0, 0.1) is 0 Å². The van der Waals surface area contributed by atoms with Gasteiger partial charge in [0.15, 0.2) is 0 Å². The van der Waals surface area contributed by atoms with Crippen molar-refractivity contribution in [1.29, 1.82) is 0 Å². The van der Waals surface area contributed by atoms with Crippen LogP contribution >= 0.6 is 0 Å². The molecule has 0 unspecified atom stereocenters. The second kappa shape index (κ2) is 5.57. The van der Waals surface area contributed by atoms with E-state index in [1.165, 1.54) is 4.31 Å². The van der Waals surface area contributed by atoms with E-state index < -0.39 is 16.0 Å². The van der Waals surface area contributed by atoms with Gasteiger partial charge in [0.1, 0.15) is 6.54 Å². The van der Waals surface area contributed by atoms with Gasteiger partial charge in [0.2, 0.25) is 10.0 Å². The predicted molar refractivity (Wildman–Crippen MR) is 67.5 cm³/mol. The Kier molecular flexibility index (Phi) is 4.27. The molecule has 0 N–H and O–H groups in total. The smallest absolute Gasteiger partial charge is 0.321 e. The average molecular weight is 275 g/mol. The van der Waals surface area contributed by atoms with Crippen LogP contribution in [0.4, 0.5) is 0 Å². The van der Waals surface area contributed by atoms with E-state index in [0.29, 0.717) is 6.61 Å². The first-order valence-electron chi connectivity index (χ1n) is 6.72. The van der Waals surface area contributed by atoms with Gasteiger partial charge in [-0.25, -0.2) is 8.42 Å². The molecule has 0 saturated heterocycles. The van der Waals surface area contributed by atoms with Gasteiger partial charge in [-0.05, 0) is 32.6 Å². The van der Waals surface area contributed by atoms with Gasteiger partial charge >= 0.3 is 5.97 Å². The molecule has 0 bridgehead atoms. The van der Waals surface area contributed by atoms with Gasteiger partial charge in [-0.2, -0.15) is 4.31 Å². The summed E-state index contributed by atoms with van der Waals surface area (Å²) in [4.78, 5) is 11.5. The quantitative estimate of drug-likeness (QED) is 0.685. The van der Waals surface area contributed by atoms with Crippen LogP contribution < -0.4 is 0 Å². The fourth-order valence-electron chi connectivity index (χ4n) is 2.50. The Morgan fingerprint density at radius 3 is 2.33 bits per heavy atom. The van der Waals surface area contributed by atoms with Crippen LogP contribution in [0.25, 0.3) is 0 Å². The normalized spacial score (nSPS) is 21.4. The highest BCUT2D eigenvalue weighted by Crippen LogP contribution is 2.34. The van der Waals surface area contributed by atoms with E-state index in [4.69, 9.17) is 4.74 Å². The SMILES string of the molecule is CCOC(=O)CN(C1CC1)S(=O)(=O)C1CCCC1. The molecule has 0 aromatic heterocycles. The van der Waals surface area contributed by atoms with Crippen molar-refractivity contribution in [3.05, 3.63) is 0 Å². The molecule has 0 aromatic carbocycles. The van der Waals surface area contributed by atoms with Crippen LogP contribution in [0.1, 0.15) is 45.4 Å². The molecule has 6 heteroatoms. The molecule has 5 nitrogen and oxygen atoms in total. The zero-order valence-electron chi connectivity index (χ0n) is 10.8. The summed E-state index contributed by atoms with van der Waals surface area (Å²) >= 11 is 0. The van der Waals surface area contributed by atoms with Gasteiger partial charge in [0.25, 0.3) is 0 Å². The highest BCUT2D eigenvalue weighted by Gasteiger charge is 2.43. The molecule has 2 aliphatic carbocycles. The molecule has 0 heterocycles. The van der Waals surface area contributed by atoms with E-state index in [-0.39, 0.29) is 17.8 Å². The Balaban J connectivity index is 2.06. The van der Waals surface area contributed by atoms with E-state index in [9.17, 15) is 13.2 Å². The Morgan fingerprint density at radius 2 is 1.83 bits per heavy atom. The second-order valence-electron chi connectivity index (χ2n) is 5.03. The molecule has 0 atom stereocenters. The van der Waals surface area contributed by atoms with Crippen LogP contribution in [0.3, 0.4) is 0 Å². The fourth-order valence-corrected chi connectivity index (χ4v) is 4.72. The predicted octanol–water partition coefficient (Wildman–Crippen LogP) is 1.29. The third-order valence-corrected chi connectivity index (χ3v) is 5.99. The van der Waals surface area contributed by atoms with Crippen molar-refractivity contribution in [2.24, 2.45) is 0 Å². The topological polar surface area (TPSA) is 63.7 Å². The highest BCUT2D eigenvalue weighted by molar-refractivity contribution is 7.89. The van der Waals surface area contributed by atoms with Gasteiger partial charge in [-0.1, -0.05) is 12.8 Å². The number of rotatable bonds is 6. The summed E-state index contributed by atoms with van der Waals surface area (Å²) in [6.07, 6.45) is 5.14. The number of carbonyl (C=O) groups excluding carboxylic acids is 1. The number of nitrogens with zero attached hydrogens (tertiary/aromatic N) is 1. The Hall–Kier alpha value is -0.620. The van der Waals surface area contributed by atoms with Crippen molar-refractivity contribution in [2.75, 3.05) is 13.2 Å². The Labute approximate surface area is 109 Å². The zero-order valence-corrected chi connectivity index (χ0v) is 11.6. The van der Waals surface area contributed by atoms with E-state index in [0.717, 1.165) is 38.5 Å². The van der Waals surface area contributed by atoms with Crippen LogP contribution in [0.2, 0.25) is 0 Å². The van der Waals surface area contributed by atoms with Crippen LogP contribution in [0.5, 0.6) is 0 Å². The number of sulfonamides is 1. The summed E-state index contributed by atoms with van der Waals surface area (Å²) in [5, 5.41) is -0.285. The van der Waals surface area contributed by atoms with E-state index in [1.54, 1.807) is 6.92 Å². The number of esters is 1. The van der Waals surface area contributed by atoms with Gasteiger partial charge < -0.3 is 4.74 Å². The minimum Gasteiger partial charge on any atom is -0.465 e. The molecule has 0 aromatic rings. The van der Waals surface area contributed by atoms with Gasteiger partial charge in [-0.15, -0.1) is 0 Å². The fraction of sp³-hybridized carbons (Fsp3) is 0.917. The third-order valence-electron chi connectivity index (χ3n) is 3.59. The lowest BCUT2D eigenvalue weighted by atomic mass is 10.4. The van der Waals surface area contributed by atoms with Crippen molar-refractivity contribution >= 4 is 16.0 Å². The van der Waals surface area contributed by atoms with Crippen molar-refractivity contribution in [3.63, 3.8) is 0 Å². The van der Waals surface area contributed by atoms with Crippen LogP contribution in [-0.2, 0) is 19.6 Å². The van der Waals surface area contributed by atoms with Crippen molar-refractivity contribution in [2.45, 2.75) is 56.7 Å². The highest BCUT2D eigenvalue weighted by atomic mass is 32.2. The average Bonchev–Trinajstić information content (AvgIpc) is 2.98. The summed E-state index contributed by atoms with van der Waals surface area (Å²) in [6.45, 7) is 1.91. The van der Waals surface area contributed by atoms with Crippen molar-refractivity contribution in [3.8, 4) is 0 Å². The Morgan fingerprint density at radius 1 is 1.22 bits per heavy atom. The van der Waals surface area contributed by atoms with Gasteiger partial charge in [-0.3, -0.25) is 4.79 Å². The van der Waals surface area contributed by atoms with E-state index in [1.807, 2.05) is 0 Å². The molecule has 2 aliphatic rings. The zero-order chi connectivity index (χ0) is 13.2. The largest absolute Gasteiger partial charge is 0.465 e. The first kappa shape index (κ1) is 13.8. The maximum absolute atomic E-state index is 12.5. The number of carbonyl (C=O) groups is 1. The summed E-state index contributed by atoms with van der Waals surface area (Å²) < 4.78 is 31.2. The van der Waals surface area contributed by atoms with Crippen molar-refractivity contribution < 1.29 is 17.9 Å². The van der Waals surface area contributed by atoms with Crippen LogP contribution in [0.15, 0.2) is 0 Å². The number of hydrogen-bond donors (Lipinski definition) is 0. The summed E-state index contributed by atoms with van der Waals surface area (Å²) in [5.74, 6) is -0.439. The second-order valence-corrected chi connectivity index (χ2v) is 7.20. The summed E-state index contributed by atoms with van der Waals surface area (Å²) in [6, 6.07) is 0.0278. The third kappa shape index (κ3) is 3.03. The molecule has 18 heavy (non-hydrogen) atoms. The van der Waals surface area contributed by atoms with Crippen LogP contribution in [-0.4, -0.2) is 43.1 Å². The molecule has 0 aliphatic heterocycles. The Bertz CT molecular complexity index is 396. The molecular weight excluding hydrogens is 254 g/mol. The first-order valence-corrected chi connectivity index (χ1v) is 8.22. The van der Waals surface area contributed by atoms with Gasteiger partial charge in [0.05, 0.1) is 11.9 Å². The molecule has 0 amide bonds. The number of ether oxygens (including phenoxy) is 1. The lowest BCUT2D eigenvalue weighted by molar-refractivity contribution is -0.143. The molecule has 2 fully saturated rings. The van der Waals surface area contributed by atoms with Gasteiger partial charge in [0, 0.05) is 6.04 Å². The molecule has 0 spiro atoms. The maximum Gasteiger partial charge on any atom is 0.321 e. The first-order chi connectivity index (χ1) is 8.55. The molecule has 0 radical (unpaired) electrons. The maximum atomic E-state index is 12.5. The number of hydrogen-bond acceptors (Lipinski definition) is 4. The molecule has 2 saturated carbocycles. The molecule has 2 rings (SSSR count). The minimum atomic E-state index is -3.32. The molecular formula is C12H21NO4S. The van der Waals surface area contributed by atoms with E-state index >= 15 is 0 Å². The lowest BCUT2D eigenvalue weighted by Crippen LogP contribution is -2.42. The van der Waals surface area contributed by atoms with Crippen molar-refractivity contribution in [1.82, 2.24) is 4.31 Å². The minimum absolute atomic E-state index is 0.0278.